The molecule has 0 N–H and O–H groups in total. The highest BCUT2D eigenvalue weighted by Gasteiger charge is 2.23. The van der Waals surface area contributed by atoms with Gasteiger partial charge in [-0.15, -0.1) is 0 Å². The van der Waals surface area contributed by atoms with Crippen LogP contribution in [0.1, 0.15) is 24.1 Å². The van der Waals surface area contributed by atoms with Gasteiger partial charge in [-0.25, -0.2) is 0 Å². The summed E-state index contributed by atoms with van der Waals surface area (Å²) in [5, 5.41) is 9.03. The molecule has 5 heteroatoms. The summed E-state index contributed by atoms with van der Waals surface area (Å²) in [4.78, 5) is 4.83. The Kier molecular flexibility index (Phi) is 6.34. The molecule has 0 aromatic heterocycles. The molecule has 22 heavy (non-hydrogen) atoms. The molecule has 1 aromatic carbocycles. The molecule has 1 aliphatic rings. The monoisotopic (exact) mass is 303 g/mol. The molecule has 0 spiro atoms. The van der Waals surface area contributed by atoms with Crippen molar-refractivity contribution in [1.82, 2.24) is 9.80 Å². The number of ether oxygens (including phenoxy) is 2. The first-order valence-corrected chi connectivity index (χ1v) is 7.70. The van der Waals surface area contributed by atoms with Gasteiger partial charge in [-0.05, 0) is 24.6 Å². The van der Waals surface area contributed by atoms with E-state index in [0.717, 1.165) is 38.3 Å². The molecule has 0 radical (unpaired) electrons. The smallest absolute Gasteiger partial charge is 0.169 e. The minimum atomic E-state index is -0.156. The van der Waals surface area contributed by atoms with Gasteiger partial charge in [0.15, 0.2) is 6.29 Å². The number of hydrogen-bond acceptors (Lipinski definition) is 5. The van der Waals surface area contributed by atoms with Crippen molar-refractivity contribution in [2.75, 3.05) is 46.9 Å². The van der Waals surface area contributed by atoms with E-state index in [9.17, 15) is 0 Å². The zero-order chi connectivity index (χ0) is 15.9. The number of methoxy groups -OCH3 is 2. The molecule has 2 rings (SSSR count). The maximum absolute atomic E-state index is 9.03. The SMILES string of the molecule is COC(CN1CCN([C@@H](C)c2cccc(C#N)c2)CC1)OC. The Hall–Kier alpha value is -1.45. The Labute approximate surface area is 133 Å². The van der Waals surface area contributed by atoms with Crippen LogP contribution in [0.2, 0.25) is 0 Å². The third-order valence-corrected chi connectivity index (χ3v) is 4.39. The van der Waals surface area contributed by atoms with Crippen LogP contribution < -0.4 is 0 Å². The quantitative estimate of drug-likeness (QED) is 0.751. The Morgan fingerprint density at radius 2 is 1.86 bits per heavy atom. The first-order valence-electron chi connectivity index (χ1n) is 7.70. The summed E-state index contributed by atoms with van der Waals surface area (Å²) in [6.45, 7) is 7.05. The van der Waals surface area contributed by atoms with Gasteiger partial charge in [-0.2, -0.15) is 5.26 Å². The van der Waals surface area contributed by atoms with Gasteiger partial charge in [0, 0.05) is 53.0 Å². The lowest BCUT2D eigenvalue weighted by molar-refractivity contribution is -0.120. The van der Waals surface area contributed by atoms with E-state index in [0.29, 0.717) is 6.04 Å². The number of rotatable bonds is 6. The van der Waals surface area contributed by atoms with Crippen molar-refractivity contribution in [2.24, 2.45) is 0 Å². The zero-order valence-corrected chi connectivity index (χ0v) is 13.7. The third-order valence-electron chi connectivity index (χ3n) is 4.39. The summed E-state index contributed by atoms with van der Waals surface area (Å²) in [6.07, 6.45) is -0.156. The summed E-state index contributed by atoms with van der Waals surface area (Å²) in [7, 11) is 3.35. The molecule has 1 fully saturated rings. The summed E-state index contributed by atoms with van der Waals surface area (Å²) in [5.74, 6) is 0. The average Bonchev–Trinajstić information content (AvgIpc) is 2.59. The Bertz CT molecular complexity index is 503. The van der Waals surface area contributed by atoms with Crippen molar-refractivity contribution in [3.05, 3.63) is 35.4 Å². The third kappa shape index (κ3) is 4.28. The molecule has 1 saturated heterocycles. The molecule has 1 heterocycles. The molecule has 0 aliphatic carbocycles. The van der Waals surface area contributed by atoms with Gasteiger partial charge in [0.25, 0.3) is 0 Å². The van der Waals surface area contributed by atoms with E-state index in [1.54, 1.807) is 14.2 Å². The van der Waals surface area contributed by atoms with E-state index in [1.165, 1.54) is 5.56 Å². The van der Waals surface area contributed by atoms with E-state index >= 15 is 0 Å². The number of nitrogens with zero attached hydrogens (tertiary/aromatic N) is 3. The highest BCUT2D eigenvalue weighted by molar-refractivity contribution is 5.34. The Balaban J connectivity index is 1.89. The predicted octanol–water partition coefficient (Wildman–Crippen LogP) is 1.86. The van der Waals surface area contributed by atoms with Crippen LogP contribution in [-0.4, -0.2) is 63.0 Å². The van der Waals surface area contributed by atoms with Gasteiger partial charge in [-0.1, -0.05) is 12.1 Å². The molecule has 0 saturated carbocycles. The van der Waals surface area contributed by atoms with Gasteiger partial charge in [0.1, 0.15) is 0 Å². The molecular formula is C17H25N3O2. The fourth-order valence-electron chi connectivity index (χ4n) is 2.87. The summed E-state index contributed by atoms with van der Waals surface area (Å²) < 4.78 is 10.5. The van der Waals surface area contributed by atoms with Crippen molar-refractivity contribution in [3.8, 4) is 6.07 Å². The summed E-state index contributed by atoms with van der Waals surface area (Å²) >= 11 is 0. The number of nitriles is 1. The van der Waals surface area contributed by atoms with Crippen LogP contribution in [0.4, 0.5) is 0 Å². The second-order valence-electron chi connectivity index (χ2n) is 5.65. The van der Waals surface area contributed by atoms with Gasteiger partial charge >= 0.3 is 0 Å². The van der Waals surface area contributed by atoms with Crippen LogP contribution in [0, 0.1) is 11.3 Å². The number of benzene rings is 1. The van der Waals surface area contributed by atoms with E-state index in [2.05, 4.69) is 28.9 Å². The molecule has 1 atom stereocenters. The lowest BCUT2D eigenvalue weighted by Crippen LogP contribution is -2.49. The maximum Gasteiger partial charge on any atom is 0.169 e. The van der Waals surface area contributed by atoms with Gasteiger partial charge in [0.2, 0.25) is 0 Å². The highest BCUT2D eigenvalue weighted by Crippen LogP contribution is 2.22. The Morgan fingerprint density at radius 3 is 2.45 bits per heavy atom. The average molecular weight is 303 g/mol. The van der Waals surface area contributed by atoms with Gasteiger partial charge < -0.3 is 9.47 Å². The van der Waals surface area contributed by atoms with Crippen LogP contribution in [0.15, 0.2) is 24.3 Å². The first-order chi connectivity index (χ1) is 10.7. The van der Waals surface area contributed by atoms with E-state index in [-0.39, 0.29) is 6.29 Å². The lowest BCUT2D eigenvalue weighted by atomic mass is 10.0. The molecule has 0 amide bonds. The maximum atomic E-state index is 9.03. The van der Waals surface area contributed by atoms with Crippen molar-refractivity contribution < 1.29 is 9.47 Å². The highest BCUT2D eigenvalue weighted by atomic mass is 16.7. The van der Waals surface area contributed by atoms with Gasteiger partial charge in [-0.3, -0.25) is 9.80 Å². The number of piperazine rings is 1. The molecule has 1 aliphatic heterocycles. The molecular weight excluding hydrogens is 278 g/mol. The van der Waals surface area contributed by atoms with E-state index in [4.69, 9.17) is 14.7 Å². The van der Waals surface area contributed by atoms with Crippen molar-refractivity contribution in [2.45, 2.75) is 19.3 Å². The molecule has 0 unspecified atom stereocenters. The minimum absolute atomic E-state index is 0.156. The largest absolute Gasteiger partial charge is 0.355 e. The van der Waals surface area contributed by atoms with Crippen LogP contribution >= 0.6 is 0 Å². The standard InChI is InChI=1S/C17H25N3O2/c1-14(16-6-4-5-15(11-16)12-18)20-9-7-19(8-10-20)13-17(21-2)22-3/h4-6,11,14,17H,7-10,13H2,1-3H3/t14-/m0/s1. The van der Waals surface area contributed by atoms with Crippen molar-refractivity contribution >= 4 is 0 Å². The Morgan fingerprint density at radius 1 is 1.18 bits per heavy atom. The summed E-state index contributed by atoms with van der Waals surface area (Å²) in [5.41, 5.74) is 1.94. The molecule has 120 valence electrons. The normalized spacial score (nSPS) is 18.3. The second kappa shape index (κ2) is 8.25. The summed E-state index contributed by atoms with van der Waals surface area (Å²) in [6, 6.07) is 10.4. The van der Waals surface area contributed by atoms with Crippen molar-refractivity contribution in [1.29, 1.82) is 5.26 Å². The topological polar surface area (TPSA) is 48.7 Å². The minimum Gasteiger partial charge on any atom is -0.355 e. The molecule has 0 bridgehead atoms. The van der Waals surface area contributed by atoms with E-state index < -0.39 is 0 Å². The fourth-order valence-corrected chi connectivity index (χ4v) is 2.87. The van der Waals surface area contributed by atoms with Crippen LogP contribution in [0.3, 0.4) is 0 Å². The van der Waals surface area contributed by atoms with Crippen molar-refractivity contribution in [3.63, 3.8) is 0 Å². The van der Waals surface area contributed by atoms with Crippen LogP contribution in [0.5, 0.6) is 0 Å². The molecule has 1 aromatic rings. The zero-order valence-electron chi connectivity index (χ0n) is 13.7. The molecule has 5 nitrogen and oxygen atoms in total. The van der Waals surface area contributed by atoms with Crippen LogP contribution in [-0.2, 0) is 9.47 Å². The van der Waals surface area contributed by atoms with Gasteiger partial charge in [0.05, 0.1) is 11.6 Å². The van der Waals surface area contributed by atoms with E-state index in [1.807, 2.05) is 18.2 Å². The number of hydrogen-bond donors (Lipinski definition) is 0. The first kappa shape index (κ1) is 16.9. The van der Waals surface area contributed by atoms with Crippen LogP contribution in [0.25, 0.3) is 0 Å². The fraction of sp³-hybridized carbons (Fsp3) is 0.588. The lowest BCUT2D eigenvalue weighted by Gasteiger charge is -2.39. The predicted molar refractivity (Wildman–Crippen MR) is 85.4 cm³/mol. The second-order valence-corrected chi connectivity index (χ2v) is 5.65.